The molecular formula is C15H19NO2. The Bertz CT molecular complexity index is 491. The highest BCUT2D eigenvalue weighted by atomic mass is 16.5. The fourth-order valence-corrected chi connectivity index (χ4v) is 2.10. The molecule has 0 aliphatic carbocycles. The lowest BCUT2D eigenvalue weighted by atomic mass is 10.00. The lowest BCUT2D eigenvalue weighted by Crippen LogP contribution is -2.19. The molecule has 18 heavy (non-hydrogen) atoms. The van der Waals surface area contributed by atoms with Gasteiger partial charge in [-0.25, -0.2) is 0 Å². The first kappa shape index (κ1) is 12.7. The molecule has 0 aliphatic rings. The summed E-state index contributed by atoms with van der Waals surface area (Å²) in [5.41, 5.74) is 2.35. The SMILES string of the molecule is CNC(Cc1ccco1)c1ccc(C)cc1OC. The second-order valence-electron chi connectivity index (χ2n) is 4.37. The summed E-state index contributed by atoms with van der Waals surface area (Å²) < 4.78 is 10.9. The molecule has 96 valence electrons. The molecule has 3 heteroatoms. The average molecular weight is 245 g/mol. The van der Waals surface area contributed by atoms with Gasteiger partial charge >= 0.3 is 0 Å². The summed E-state index contributed by atoms with van der Waals surface area (Å²) >= 11 is 0. The van der Waals surface area contributed by atoms with Crippen molar-refractivity contribution in [1.82, 2.24) is 5.32 Å². The van der Waals surface area contributed by atoms with Crippen LogP contribution in [0.25, 0.3) is 0 Å². The molecule has 1 atom stereocenters. The molecule has 0 saturated heterocycles. The predicted octanol–water partition coefficient (Wildman–Crippen LogP) is 3.10. The number of methoxy groups -OCH3 is 1. The zero-order chi connectivity index (χ0) is 13.0. The summed E-state index contributed by atoms with van der Waals surface area (Å²) in [4.78, 5) is 0. The summed E-state index contributed by atoms with van der Waals surface area (Å²) in [6, 6.07) is 10.4. The molecule has 0 fully saturated rings. The van der Waals surface area contributed by atoms with Crippen molar-refractivity contribution >= 4 is 0 Å². The second kappa shape index (κ2) is 5.74. The molecule has 1 aromatic heterocycles. The van der Waals surface area contributed by atoms with Crippen LogP contribution in [0.15, 0.2) is 41.0 Å². The fourth-order valence-electron chi connectivity index (χ4n) is 2.10. The van der Waals surface area contributed by atoms with Crippen molar-refractivity contribution in [3.05, 3.63) is 53.5 Å². The molecule has 0 amide bonds. The lowest BCUT2D eigenvalue weighted by Gasteiger charge is -2.18. The maximum atomic E-state index is 5.46. The van der Waals surface area contributed by atoms with E-state index in [1.165, 1.54) is 5.56 Å². The fraction of sp³-hybridized carbons (Fsp3) is 0.333. The molecule has 0 radical (unpaired) electrons. The zero-order valence-electron chi connectivity index (χ0n) is 11.1. The van der Waals surface area contributed by atoms with Gasteiger partial charge in [0, 0.05) is 18.0 Å². The highest BCUT2D eigenvalue weighted by Gasteiger charge is 2.16. The van der Waals surface area contributed by atoms with Crippen molar-refractivity contribution < 1.29 is 9.15 Å². The van der Waals surface area contributed by atoms with E-state index in [0.717, 1.165) is 23.5 Å². The van der Waals surface area contributed by atoms with Crippen molar-refractivity contribution in [1.29, 1.82) is 0 Å². The summed E-state index contributed by atoms with van der Waals surface area (Å²) in [5.74, 6) is 1.89. The van der Waals surface area contributed by atoms with Crippen LogP contribution >= 0.6 is 0 Å². The number of nitrogens with one attached hydrogen (secondary N) is 1. The molecule has 0 saturated carbocycles. The third kappa shape index (κ3) is 2.74. The van der Waals surface area contributed by atoms with Crippen LogP contribution in [0.2, 0.25) is 0 Å². The van der Waals surface area contributed by atoms with Crippen LogP contribution in [0, 0.1) is 6.92 Å². The number of furan rings is 1. The van der Waals surface area contributed by atoms with E-state index < -0.39 is 0 Å². The van der Waals surface area contributed by atoms with Gasteiger partial charge in [-0.1, -0.05) is 12.1 Å². The van der Waals surface area contributed by atoms with Crippen LogP contribution in [0.3, 0.4) is 0 Å². The minimum absolute atomic E-state index is 0.187. The summed E-state index contributed by atoms with van der Waals surface area (Å²) in [6.45, 7) is 2.06. The van der Waals surface area contributed by atoms with E-state index in [1.807, 2.05) is 19.2 Å². The van der Waals surface area contributed by atoms with E-state index in [2.05, 4.69) is 30.4 Å². The molecule has 1 heterocycles. The van der Waals surface area contributed by atoms with Crippen LogP contribution in [-0.4, -0.2) is 14.2 Å². The van der Waals surface area contributed by atoms with Crippen molar-refractivity contribution in [2.45, 2.75) is 19.4 Å². The molecule has 0 bridgehead atoms. The molecule has 1 aromatic carbocycles. The Kier molecular flexibility index (Phi) is 4.05. The molecule has 3 nitrogen and oxygen atoms in total. The van der Waals surface area contributed by atoms with Crippen LogP contribution in [0.5, 0.6) is 5.75 Å². The van der Waals surface area contributed by atoms with Gasteiger partial charge in [0.25, 0.3) is 0 Å². The number of hydrogen-bond acceptors (Lipinski definition) is 3. The number of ether oxygens (including phenoxy) is 1. The van der Waals surface area contributed by atoms with Gasteiger partial charge in [0.2, 0.25) is 0 Å². The Morgan fingerprint density at radius 1 is 1.33 bits per heavy atom. The minimum atomic E-state index is 0.187. The molecular weight excluding hydrogens is 226 g/mol. The van der Waals surface area contributed by atoms with Gasteiger partial charge in [-0.3, -0.25) is 0 Å². The predicted molar refractivity (Wildman–Crippen MR) is 71.9 cm³/mol. The van der Waals surface area contributed by atoms with Gasteiger partial charge in [-0.15, -0.1) is 0 Å². The number of hydrogen-bond donors (Lipinski definition) is 1. The maximum Gasteiger partial charge on any atom is 0.123 e. The summed E-state index contributed by atoms with van der Waals surface area (Å²) in [5, 5.41) is 3.31. The van der Waals surface area contributed by atoms with Crippen LogP contribution in [-0.2, 0) is 6.42 Å². The average Bonchev–Trinajstić information content (AvgIpc) is 2.89. The van der Waals surface area contributed by atoms with Crippen molar-refractivity contribution in [2.75, 3.05) is 14.2 Å². The van der Waals surface area contributed by atoms with Gasteiger partial charge in [0.05, 0.1) is 13.4 Å². The largest absolute Gasteiger partial charge is 0.496 e. The van der Waals surface area contributed by atoms with Gasteiger partial charge < -0.3 is 14.5 Å². The van der Waals surface area contributed by atoms with Crippen LogP contribution in [0.4, 0.5) is 0 Å². The molecule has 2 rings (SSSR count). The zero-order valence-corrected chi connectivity index (χ0v) is 11.1. The standard InChI is InChI=1S/C15H19NO2/c1-11-6-7-13(15(9-11)17-3)14(16-2)10-12-5-4-8-18-12/h4-9,14,16H,10H2,1-3H3. The quantitative estimate of drug-likeness (QED) is 0.879. The van der Waals surface area contributed by atoms with Crippen molar-refractivity contribution in [3.63, 3.8) is 0 Å². The van der Waals surface area contributed by atoms with E-state index in [1.54, 1.807) is 13.4 Å². The van der Waals surface area contributed by atoms with E-state index in [9.17, 15) is 0 Å². The minimum Gasteiger partial charge on any atom is -0.496 e. The van der Waals surface area contributed by atoms with Crippen molar-refractivity contribution in [2.24, 2.45) is 0 Å². The topological polar surface area (TPSA) is 34.4 Å². The Hall–Kier alpha value is -1.74. The monoisotopic (exact) mass is 245 g/mol. The highest BCUT2D eigenvalue weighted by molar-refractivity contribution is 5.39. The smallest absolute Gasteiger partial charge is 0.123 e. The number of benzene rings is 1. The molecule has 0 spiro atoms. The first-order chi connectivity index (χ1) is 8.74. The number of likely N-dealkylation sites (N-methyl/N-ethyl adjacent to an activating group) is 1. The summed E-state index contributed by atoms with van der Waals surface area (Å²) in [7, 11) is 3.66. The third-order valence-electron chi connectivity index (χ3n) is 3.10. The Morgan fingerprint density at radius 3 is 2.78 bits per heavy atom. The maximum absolute atomic E-state index is 5.46. The number of rotatable bonds is 5. The van der Waals surface area contributed by atoms with E-state index in [4.69, 9.17) is 9.15 Å². The molecule has 1 N–H and O–H groups in total. The van der Waals surface area contributed by atoms with Crippen LogP contribution < -0.4 is 10.1 Å². The lowest BCUT2D eigenvalue weighted by molar-refractivity contribution is 0.396. The first-order valence-corrected chi connectivity index (χ1v) is 6.08. The van der Waals surface area contributed by atoms with E-state index in [0.29, 0.717) is 0 Å². The Balaban J connectivity index is 2.26. The van der Waals surface area contributed by atoms with E-state index >= 15 is 0 Å². The first-order valence-electron chi connectivity index (χ1n) is 6.08. The molecule has 2 aromatic rings. The van der Waals surface area contributed by atoms with E-state index in [-0.39, 0.29) is 6.04 Å². The third-order valence-corrected chi connectivity index (χ3v) is 3.10. The Labute approximate surface area is 108 Å². The van der Waals surface area contributed by atoms with Crippen LogP contribution in [0.1, 0.15) is 22.9 Å². The van der Waals surface area contributed by atoms with Gasteiger partial charge in [-0.05, 0) is 37.7 Å². The molecule has 0 aliphatic heterocycles. The van der Waals surface area contributed by atoms with Gasteiger partial charge in [0.1, 0.15) is 11.5 Å². The van der Waals surface area contributed by atoms with Crippen molar-refractivity contribution in [3.8, 4) is 5.75 Å². The normalized spacial score (nSPS) is 12.4. The Morgan fingerprint density at radius 2 is 2.17 bits per heavy atom. The molecule has 1 unspecified atom stereocenters. The summed E-state index contributed by atoms with van der Waals surface area (Å²) in [6.07, 6.45) is 2.51. The second-order valence-corrected chi connectivity index (χ2v) is 4.37. The highest BCUT2D eigenvalue weighted by Crippen LogP contribution is 2.28. The number of aryl methyl sites for hydroxylation is 1. The van der Waals surface area contributed by atoms with Gasteiger partial charge in [-0.2, -0.15) is 0 Å². The van der Waals surface area contributed by atoms with Gasteiger partial charge in [0.15, 0.2) is 0 Å².